The first-order chi connectivity index (χ1) is 14.0. The Labute approximate surface area is 173 Å². The molecule has 1 aliphatic rings. The third kappa shape index (κ3) is 5.57. The van der Waals surface area contributed by atoms with Crippen molar-refractivity contribution in [2.75, 3.05) is 6.61 Å². The number of benzene rings is 1. The van der Waals surface area contributed by atoms with E-state index in [1.165, 1.54) is 5.56 Å². The summed E-state index contributed by atoms with van der Waals surface area (Å²) in [6.45, 7) is 2.59. The van der Waals surface area contributed by atoms with E-state index >= 15 is 0 Å². The summed E-state index contributed by atoms with van der Waals surface area (Å²) >= 11 is 1.01. The molecule has 0 aliphatic carbocycles. The summed E-state index contributed by atoms with van der Waals surface area (Å²) in [4.78, 5) is 31.5. The molecule has 3 rings (SSSR count). The first-order valence-electron chi connectivity index (χ1n) is 9.39. The number of carbonyl (C=O) groups excluding carboxylic acids is 1. The van der Waals surface area contributed by atoms with E-state index in [-0.39, 0.29) is 11.6 Å². The lowest BCUT2D eigenvalue weighted by Gasteiger charge is -2.17. The number of carboxylic acids is 1. The van der Waals surface area contributed by atoms with Crippen LogP contribution in [0.5, 0.6) is 5.75 Å². The number of carboxylic acid groups (broad SMARTS) is 1. The van der Waals surface area contributed by atoms with Crippen LogP contribution in [0.15, 0.2) is 47.6 Å². The van der Waals surface area contributed by atoms with Crippen LogP contribution >= 0.6 is 11.8 Å². The molecule has 0 saturated heterocycles. The maximum Gasteiger partial charge on any atom is 0.308 e. The molecule has 0 radical (unpaired) electrons. The largest absolute Gasteiger partial charge is 0.493 e. The van der Waals surface area contributed by atoms with Gasteiger partial charge in [0.2, 0.25) is 0 Å². The zero-order valence-corrected chi connectivity index (χ0v) is 16.9. The molecular weight excluding hydrogens is 390 g/mol. The van der Waals surface area contributed by atoms with Crippen molar-refractivity contribution in [3.05, 3.63) is 59.4 Å². The number of pyridine rings is 1. The smallest absolute Gasteiger partial charge is 0.308 e. The van der Waals surface area contributed by atoms with E-state index in [1.807, 2.05) is 24.4 Å². The second kappa shape index (κ2) is 9.56. The molecule has 2 heterocycles. The Morgan fingerprint density at radius 2 is 1.97 bits per heavy atom. The molecule has 3 N–H and O–H groups in total. The SMILES string of the molecule is CCc1ccc(CCOc2ccc(CC(C(=O)O)C3SC(N)=NC3=O)cc2)nc1. The van der Waals surface area contributed by atoms with Gasteiger partial charge in [-0.1, -0.05) is 36.9 Å². The van der Waals surface area contributed by atoms with Gasteiger partial charge in [0, 0.05) is 18.3 Å². The second-order valence-electron chi connectivity index (χ2n) is 6.73. The molecule has 1 aliphatic heterocycles. The molecule has 0 fully saturated rings. The molecule has 8 heteroatoms. The maximum absolute atomic E-state index is 11.9. The number of amides is 1. The summed E-state index contributed by atoms with van der Waals surface area (Å²) in [5, 5.41) is 8.86. The highest BCUT2D eigenvalue weighted by molar-refractivity contribution is 8.15. The highest BCUT2D eigenvalue weighted by Gasteiger charge is 2.38. The molecule has 2 atom stereocenters. The van der Waals surface area contributed by atoms with Crippen LogP contribution in [-0.2, 0) is 28.9 Å². The van der Waals surface area contributed by atoms with Gasteiger partial charge in [0.05, 0.1) is 12.5 Å². The zero-order chi connectivity index (χ0) is 20.8. The lowest BCUT2D eigenvalue weighted by atomic mass is 9.95. The molecule has 1 aromatic heterocycles. The molecule has 2 unspecified atom stereocenters. The first kappa shape index (κ1) is 20.9. The Morgan fingerprint density at radius 3 is 2.52 bits per heavy atom. The normalized spacial score (nSPS) is 17.1. The number of nitrogens with zero attached hydrogens (tertiary/aromatic N) is 2. The van der Waals surface area contributed by atoms with Gasteiger partial charge in [-0.2, -0.15) is 4.99 Å². The van der Waals surface area contributed by atoms with Crippen molar-refractivity contribution in [2.24, 2.45) is 16.6 Å². The summed E-state index contributed by atoms with van der Waals surface area (Å²) in [6, 6.07) is 11.3. The predicted octanol–water partition coefficient (Wildman–Crippen LogP) is 2.47. The number of aryl methyl sites for hydroxylation is 1. The molecular formula is C21H23N3O4S. The number of aliphatic imine (C=N–C) groups is 1. The Balaban J connectivity index is 1.53. The molecule has 1 aromatic carbocycles. The van der Waals surface area contributed by atoms with Crippen molar-refractivity contribution in [1.82, 2.24) is 4.98 Å². The van der Waals surface area contributed by atoms with E-state index in [2.05, 4.69) is 23.0 Å². The van der Waals surface area contributed by atoms with Crippen LogP contribution in [0, 0.1) is 5.92 Å². The minimum atomic E-state index is -1.04. The van der Waals surface area contributed by atoms with Crippen molar-refractivity contribution in [2.45, 2.75) is 31.4 Å². The van der Waals surface area contributed by atoms with Crippen LogP contribution in [0.25, 0.3) is 0 Å². The third-order valence-corrected chi connectivity index (χ3v) is 5.81. The molecule has 152 valence electrons. The van der Waals surface area contributed by atoms with Crippen LogP contribution in [0.1, 0.15) is 23.7 Å². The number of rotatable bonds is 9. The van der Waals surface area contributed by atoms with E-state index < -0.39 is 23.0 Å². The van der Waals surface area contributed by atoms with Gasteiger partial charge in [0.15, 0.2) is 5.17 Å². The van der Waals surface area contributed by atoms with Crippen LogP contribution in [0.3, 0.4) is 0 Å². The summed E-state index contributed by atoms with van der Waals surface area (Å²) in [6.07, 6.45) is 3.77. The minimum absolute atomic E-state index is 0.119. The second-order valence-corrected chi connectivity index (χ2v) is 7.89. The molecule has 29 heavy (non-hydrogen) atoms. The number of hydrogen-bond donors (Lipinski definition) is 2. The molecule has 0 spiro atoms. The van der Waals surface area contributed by atoms with E-state index in [9.17, 15) is 14.7 Å². The van der Waals surface area contributed by atoms with Crippen molar-refractivity contribution in [1.29, 1.82) is 0 Å². The lowest BCUT2D eigenvalue weighted by Crippen LogP contribution is -2.31. The Morgan fingerprint density at radius 1 is 1.24 bits per heavy atom. The van der Waals surface area contributed by atoms with Crippen molar-refractivity contribution < 1.29 is 19.4 Å². The Bertz CT molecular complexity index is 897. The Hall–Kier alpha value is -2.87. The van der Waals surface area contributed by atoms with Gasteiger partial charge in [-0.15, -0.1) is 0 Å². The number of aliphatic carboxylic acids is 1. The highest BCUT2D eigenvalue weighted by atomic mass is 32.2. The number of hydrogen-bond acceptors (Lipinski definition) is 6. The van der Waals surface area contributed by atoms with Gasteiger partial charge < -0.3 is 15.6 Å². The summed E-state index contributed by atoms with van der Waals surface area (Å²) < 4.78 is 5.76. The fourth-order valence-electron chi connectivity index (χ4n) is 3.02. The van der Waals surface area contributed by atoms with Crippen LogP contribution in [0.4, 0.5) is 0 Å². The Kier molecular flexibility index (Phi) is 6.87. The maximum atomic E-state index is 11.9. The third-order valence-electron chi connectivity index (χ3n) is 4.69. The first-order valence-corrected chi connectivity index (χ1v) is 10.3. The minimum Gasteiger partial charge on any atom is -0.493 e. The lowest BCUT2D eigenvalue weighted by molar-refractivity contribution is -0.143. The van der Waals surface area contributed by atoms with Gasteiger partial charge >= 0.3 is 5.97 Å². The van der Waals surface area contributed by atoms with E-state index in [4.69, 9.17) is 10.5 Å². The number of thioether (sulfide) groups is 1. The number of aromatic nitrogens is 1. The van der Waals surface area contributed by atoms with Gasteiger partial charge in [0.25, 0.3) is 5.91 Å². The molecule has 0 saturated carbocycles. The van der Waals surface area contributed by atoms with E-state index in [1.54, 1.807) is 12.1 Å². The van der Waals surface area contributed by atoms with Crippen LogP contribution < -0.4 is 10.5 Å². The zero-order valence-electron chi connectivity index (χ0n) is 16.1. The quantitative estimate of drug-likeness (QED) is 0.649. The predicted molar refractivity (Wildman–Crippen MR) is 112 cm³/mol. The van der Waals surface area contributed by atoms with E-state index in [0.29, 0.717) is 18.8 Å². The summed E-state index contributed by atoms with van der Waals surface area (Å²) in [5.41, 5.74) is 8.53. The fraction of sp³-hybridized carbons (Fsp3) is 0.333. The van der Waals surface area contributed by atoms with Gasteiger partial charge in [-0.05, 0) is 42.2 Å². The molecule has 2 aromatic rings. The number of carbonyl (C=O) groups is 2. The van der Waals surface area contributed by atoms with Gasteiger partial charge in [-0.25, -0.2) is 0 Å². The van der Waals surface area contributed by atoms with E-state index in [0.717, 1.165) is 29.4 Å². The molecule has 1 amide bonds. The molecule has 0 bridgehead atoms. The van der Waals surface area contributed by atoms with Crippen LogP contribution in [-0.4, -0.2) is 39.0 Å². The van der Waals surface area contributed by atoms with Gasteiger partial charge in [0.1, 0.15) is 11.0 Å². The average molecular weight is 413 g/mol. The molecule has 7 nitrogen and oxygen atoms in total. The topological polar surface area (TPSA) is 115 Å². The number of nitrogens with two attached hydrogens (primary N) is 1. The van der Waals surface area contributed by atoms with Crippen molar-refractivity contribution >= 4 is 28.8 Å². The van der Waals surface area contributed by atoms with Crippen molar-refractivity contribution in [3.8, 4) is 5.75 Å². The number of amidine groups is 1. The average Bonchev–Trinajstić information content (AvgIpc) is 3.05. The number of ether oxygens (including phenoxy) is 1. The van der Waals surface area contributed by atoms with Gasteiger partial charge in [-0.3, -0.25) is 14.6 Å². The van der Waals surface area contributed by atoms with Crippen LogP contribution in [0.2, 0.25) is 0 Å². The van der Waals surface area contributed by atoms with Crippen molar-refractivity contribution in [3.63, 3.8) is 0 Å². The highest BCUT2D eigenvalue weighted by Crippen LogP contribution is 2.30. The standard InChI is InChI=1S/C21H23N3O4S/c1-2-13-3-6-15(23-12-13)9-10-28-16-7-4-14(5-8-16)11-17(20(26)27)18-19(25)24-21(22)29-18/h3-8,12,17-18H,2,9-11H2,1H3,(H,26,27)(H2,22,24,25). The summed E-state index contributed by atoms with van der Waals surface area (Å²) in [5.74, 6) is -1.71. The monoisotopic (exact) mass is 413 g/mol. The summed E-state index contributed by atoms with van der Waals surface area (Å²) in [7, 11) is 0. The fourth-order valence-corrected chi connectivity index (χ4v) is 3.95.